The van der Waals surface area contributed by atoms with E-state index in [1.54, 1.807) is 0 Å². The molecule has 2 aromatic rings. The number of rotatable bonds is 2. The highest BCUT2D eigenvalue weighted by Crippen LogP contribution is 2.16. The van der Waals surface area contributed by atoms with Crippen molar-refractivity contribution < 1.29 is 0 Å². The molecular weight excluding hydrogens is 322 g/mol. The average molecular weight is 333 g/mol. The van der Waals surface area contributed by atoms with Crippen LogP contribution in [-0.4, -0.2) is 9.78 Å². The fourth-order valence-corrected chi connectivity index (χ4v) is 2.10. The molecule has 2 rings (SSSR count). The highest BCUT2D eigenvalue weighted by atomic mass is 127. The molecule has 1 aromatic carbocycles. The summed E-state index contributed by atoms with van der Waals surface area (Å²) in [5.41, 5.74) is 3.44. The van der Waals surface area contributed by atoms with Gasteiger partial charge in [-0.25, -0.2) is 4.68 Å². The fourth-order valence-electron chi connectivity index (χ4n) is 1.41. The summed E-state index contributed by atoms with van der Waals surface area (Å²) in [5, 5.41) is 4.26. The zero-order valence-corrected chi connectivity index (χ0v) is 11.2. The largest absolute Gasteiger partial charge is 0.240 e. The average Bonchev–Trinajstić information content (AvgIpc) is 2.65. The zero-order valence-electron chi connectivity index (χ0n) is 8.24. The Bertz CT molecular complexity index is 479. The number of nitrogens with zero attached hydrogens (tertiary/aromatic N) is 2. The van der Waals surface area contributed by atoms with Gasteiger partial charge in [-0.05, 0) is 52.8 Å². The molecule has 0 aliphatic rings. The van der Waals surface area contributed by atoms with E-state index in [-0.39, 0.29) is 0 Å². The molecule has 0 N–H and O–H groups in total. The van der Waals surface area contributed by atoms with E-state index in [9.17, 15) is 0 Å². The first-order chi connectivity index (χ1) is 7.20. The third kappa shape index (κ3) is 2.34. The van der Waals surface area contributed by atoms with Crippen LogP contribution in [0, 0.1) is 10.5 Å². The molecule has 0 aliphatic carbocycles. The molecule has 0 aliphatic heterocycles. The maximum absolute atomic E-state index is 5.81. The third-order valence-electron chi connectivity index (χ3n) is 2.29. The number of aryl methyl sites for hydroxylation is 1. The van der Waals surface area contributed by atoms with Gasteiger partial charge in [0.2, 0.25) is 0 Å². The Morgan fingerprint density at radius 2 is 2.27 bits per heavy atom. The molecule has 0 amide bonds. The van der Waals surface area contributed by atoms with Gasteiger partial charge < -0.3 is 0 Å². The predicted molar refractivity (Wildman–Crippen MR) is 70.6 cm³/mol. The van der Waals surface area contributed by atoms with Crippen LogP contribution >= 0.6 is 34.2 Å². The van der Waals surface area contributed by atoms with Crippen LogP contribution in [0.25, 0.3) is 5.69 Å². The minimum atomic E-state index is 0.558. The third-order valence-corrected chi connectivity index (χ3v) is 3.13. The maximum Gasteiger partial charge on any atom is 0.0648 e. The molecule has 0 radical (unpaired) electrons. The second kappa shape index (κ2) is 4.53. The second-order valence-electron chi connectivity index (χ2n) is 3.35. The first-order valence-electron chi connectivity index (χ1n) is 4.57. The molecule has 1 aromatic heterocycles. The SMILES string of the molecule is Cc1cc(-n2cc(I)cn2)ccc1CCl. The number of benzene rings is 1. The number of aromatic nitrogens is 2. The molecule has 0 spiro atoms. The lowest BCUT2D eigenvalue weighted by atomic mass is 10.1. The van der Waals surface area contributed by atoms with Crippen molar-refractivity contribution in [3.05, 3.63) is 45.3 Å². The zero-order chi connectivity index (χ0) is 10.8. The van der Waals surface area contributed by atoms with Crippen LogP contribution in [0.3, 0.4) is 0 Å². The number of alkyl halides is 1. The topological polar surface area (TPSA) is 17.8 Å². The van der Waals surface area contributed by atoms with Gasteiger partial charge in [0, 0.05) is 12.1 Å². The highest BCUT2D eigenvalue weighted by molar-refractivity contribution is 14.1. The van der Waals surface area contributed by atoms with Gasteiger partial charge in [-0.3, -0.25) is 0 Å². The molecule has 2 nitrogen and oxygen atoms in total. The molecular formula is C11H10ClIN2. The molecule has 0 atom stereocenters. The molecule has 0 unspecified atom stereocenters. The van der Waals surface area contributed by atoms with E-state index >= 15 is 0 Å². The number of hydrogen-bond acceptors (Lipinski definition) is 1. The molecule has 0 fully saturated rings. The quantitative estimate of drug-likeness (QED) is 0.608. The number of halogens is 2. The van der Waals surface area contributed by atoms with E-state index in [0.717, 1.165) is 9.26 Å². The normalized spacial score (nSPS) is 10.6. The van der Waals surface area contributed by atoms with Crippen LogP contribution in [0.15, 0.2) is 30.6 Å². The Morgan fingerprint density at radius 1 is 1.47 bits per heavy atom. The van der Waals surface area contributed by atoms with Gasteiger partial charge in [0.1, 0.15) is 0 Å². The molecule has 0 bridgehead atoms. The summed E-state index contributed by atoms with van der Waals surface area (Å²) in [7, 11) is 0. The summed E-state index contributed by atoms with van der Waals surface area (Å²) in [6.45, 7) is 2.07. The summed E-state index contributed by atoms with van der Waals surface area (Å²) in [6.07, 6.45) is 3.83. The van der Waals surface area contributed by atoms with Crippen molar-refractivity contribution in [3.8, 4) is 5.69 Å². The maximum atomic E-state index is 5.81. The van der Waals surface area contributed by atoms with Gasteiger partial charge in [-0.15, -0.1) is 11.6 Å². The van der Waals surface area contributed by atoms with E-state index < -0.39 is 0 Å². The predicted octanol–water partition coefficient (Wildman–Crippen LogP) is 3.52. The fraction of sp³-hybridized carbons (Fsp3) is 0.182. The summed E-state index contributed by atoms with van der Waals surface area (Å²) in [4.78, 5) is 0. The first kappa shape index (κ1) is 11.0. The minimum Gasteiger partial charge on any atom is -0.240 e. The summed E-state index contributed by atoms with van der Waals surface area (Å²) in [6, 6.07) is 6.18. The monoisotopic (exact) mass is 332 g/mol. The molecule has 1 heterocycles. The van der Waals surface area contributed by atoms with Crippen LogP contribution in [0.5, 0.6) is 0 Å². The van der Waals surface area contributed by atoms with E-state index in [1.807, 2.05) is 29.2 Å². The Labute approximate surface area is 107 Å². The smallest absolute Gasteiger partial charge is 0.0648 e. The summed E-state index contributed by atoms with van der Waals surface area (Å²) >= 11 is 8.06. The Morgan fingerprint density at radius 3 is 2.80 bits per heavy atom. The van der Waals surface area contributed by atoms with Crippen molar-refractivity contribution in [2.75, 3.05) is 0 Å². The standard InChI is InChI=1S/C11H10ClIN2/c1-8-4-11(3-2-9(8)5-12)15-7-10(13)6-14-15/h2-4,6-7H,5H2,1H3. The Hall–Kier alpha value is -0.550. The van der Waals surface area contributed by atoms with Crippen molar-refractivity contribution >= 4 is 34.2 Å². The molecule has 15 heavy (non-hydrogen) atoms. The minimum absolute atomic E-state index is 0.558. The van der Waals surface area contributed by atoms with Crippen LogP contribution in [-0.2, 0) is 5.88 Å². The molecule has 0 saturated heterocycles. The van der Waals surface area contributed by atoms with Crippen molar-refractivity contribution in [2.45, 2.75) is 12.8 Å². The van der Waals surface area contributed by atoms with Crippen molar-refractivity contribution in [3.63, 3.8) is 0 Å². The van der Waals surface area contributed by atoms with Gasteiger partial charge >= 0.3 is 0 Å². The highest BCUT2D eigenvalue weighted by Gasteiger charge is 2.02. The summed E-state index contributed by atoms with van der Waals surface area (Å²) in [5.74, 6) is 0.558. The lowest BCUT2D eigenvalue weighted by molar-refractivity contribution is 0.878. The molecule has 78 valence electrons. The first-order valence-corrected chi connectivity index (χ1v) is 6.18. The van der Waals surface area contributed by atoms with Gasteiger partial charge in [-0.1, -0.05) is 6.07 Å². The second-order valence-corrected chi connectivity index (χ2v) is 4.86. The Kier molecular flexibility index (Phi) is 3.31. The van der Waals surface area contributed by atoms with Crippen molar-refractivity contribution in [1.82, 2.24) is 9.78 Å². The molecule has 4 heteroatoms. The van der Waals surface area contributed by atoms with E-state index in [2.05, 4.69) is 40.7 Å². The molecule has 0 saturated carbocycles. The van der Waals surface area contributed by atoms with E-state index in [0.29, 0.717) is 5.88 Å². The van der Waals surface area contributed by atoms with Gasteiger partial charge in [0.25, 0.3) is 0 Å². The van der Waals surface area contributed by atoms with Crippen LogP contribution in [0.4, 0.5) is 0 Å². The van der Waals surface area contributed by atoms with E-state index in [1.165, 1.54) is 11.1 Å². The van der Waals surface area contributed by atoms with Gasteiger partial charge in [-0.2, -0.15) is 5.10 Å². The van der Waals surface area contributed by atoms with Crippen LogP contribution in [0.1, 0.15) is 11.1 Å². The van der Waals surface area contributed by atoms with Crippen LogP contribution < -0.4 is 0 Å². The van der Waals surface area contributed by atoms with Crippen LogP contribution in [0.2, 0.25) is 0 Å². The lowest BCUT2D eigenvalue weighted by Gasteiger charge is -2.05. The van der Waals surface area contributed by atoms with Crippen molar-refractivity contribution in [2.24, 2.45) is 0 Å². The lowest BCUT2D eigenvalue weighted by Crippen LogP contribution is -1.96. The van der Waals surface area contributed by atoms with E-state index in [4.69, 9.17) is 11.6 Å². The van der Waals surface area contributed by atoms with Gasteiger partial charge in [0.05, 0.1) is 15.5 Å². The summed E-state index contributed by atoms with van der Waals surface area (Å²) < 4.78 is 3.00. The Balaban J connectivity index is 2.42. The van der Waals surface area contributed by atoms with Gasteiger partial charge in [0.15, 0.2) is 0 Å². The van der Waals surface area contributed by atoms with Crippen molar-refractivity contribution in [1.29, 1.82) is 0 Å². The number of hydrogen-bond donors (Lipinski definition) is 0.